The Kier molecular flexibility index (Phi) is 1.92. The van der Waals surface area contributed by atoms with E-state index in [-0.39, 0.29) is 5.43 Å². The minimum Gasteiger partial charge on any atom is -0.437 e. The van der Waals surface area contributed by atoms with E-state index in [4.69, 9.17) is 10.2 Å². The number of anilines is 1. The van der Waals surface area contributed by atoms with Crippen molar-refractivity contribution in [2.75, 3.05) is 5.73 Å². The molecule has 0 radical (unpaired) electrons. The molecule has 0 aliphatic carbocycles. The van der Waals surface area contributed by atoms with Gasteiger partial charge in [-0.05, 0) is 31.2 Å². The maximum absolute atomic E-state index is 12.2. The Morgan fingerprint density at radius 3 is 2.76 bits per heavy atom. The number of hydrogen-bond acceptors (Lipinski definition) is 4. The molecule has 2 N–H and O–H groups in total. The molecule has 1 aromatic carbocycles. The Labute approximate surface area is 96.7 Å². The number of nitrogens with two attached hydrogens (primary N) is 1. The van der Waals surface area contributed by atoms with Crippen molar-refractivity contribution < 1.29 is 4.42 Å². The van der Waals surface area contributed by atoms with Gasteiger partial charge in [0.25, 0.3) is 0 Å². The average Bonchev–Trinajstić information content (AvgIpc) is 2.28. The highest BCUT2D eigenvalue weighted by atomic mass is 16.3. The maximum Gasteiger partial charge on any atom is 0.230 e. The normalized spacial score (nSPS) is 11.1. The molecule has 84 valence electrons. The van der Waals surface area contributed by atoms with E-state index >= 15 is 0 Å². The van der Waals surface area contributed by atoms with Crippen molar-refractivity contribution in [3.8, 4) is 0 Å². The zero-order valence-electron chi connectivity index (χ0n) is 9.23. The number of benzene rings is 1. The van der Waals surface area contributed by atoms with E-state index in [1.807, 2.05) is 6.92 Å². The van der Waals surface area contributed by atoms with Crippen LogP contribution in [-0.4, -0.2) is 4.98 Å². The summed E-state index contributed by atoms with van der Waals surface area (Å²) in [5.74, 6) is 0. The lowest BCUT2D eigenvalue weighted by atomic mass is 10.1. The van der Waals surface area contributed by atoms with Gasteiger partial charge in [-0.3, -0.25) is 4.79 Å². The number of nitrogens with zero attached hydrogens (tertiary/aromatic N) is 1. The Balaban J connectivity index is 2.57. The molecule has 0 atom stereocenters. The first kappa shape index (κ1) is 9.84. The van der Waals surface area contributed by atoms with Crippen LogP contribution in [0.3, 0.4) is 0 Å². The summed E-state index contributed by atoms with van der Waals surface area (Å²) in [6, 6.07) is 8.53. The largest absolute Gasteiger partial charge is 0.437 e. The van der Waals surface area contributed by atoms with Gasteiger partial charge in [-0.2, -0.15) is 0 Å². The summed E-state index contributed by atoms with van der Waals surface area (Å²) in [6.07, 6.45) is 0. The van der Waals surface area contributed by atoms with E-state index in [1.165, 1.54) is 0 Å². The van der Waals surface area contributed by atoms with E-state index in [9.17, 15) is 4.79 Å². The van der Waals surface area contributed by atoms with Gasteiger partial charge in [-0.1, -0.05) is 0 Å². The Morgan fingerprint density at radius 1 is 1.18 bits per heavy atom. The van der Waals surface area contributed by atoms with Crippen molar-refractivity contribution in [1.82, 2.24) is 4.98 Å². The molecule has 2 heterocycles. The van der Waals surface area contributed by atoms with Crippen LogP contribution in [0.1, 0.15) is 5.69 Å². The lowest BCUT2D eigenvalue weighted by Crippen LogP contribution is -2.03. The van der Waals surface area contributed by atoms with Crippen molar-refractivity contribution in [2.45, 2.75) is 6.92 Å². The van der Waals surface area contributed by atoms with Gasteiger partial charge in [0.1, 0.15) is 5.58 Å². The second-order valence-corrected chi connectivity index (χ2v) is 3.99. The molecule has 0 aliphatic heterocycles. The quantitative estimate of drug-likeness (QED) is 0.471. The second-order valence-electron chi connectivity index (χ2n) is 3.99. The Morgan fingerprint density at radius 2 is 1.94 bits per heavy atom. The third kappa shape index (κ3) is 1.45. The number of nitrogen functional groups attached to an aromatic ring is 1. The molecule has 0 amide bonds. The molecule has 0 aliphatic rings. The monoisotopic (exact) mass is 226 g/mol. The maximum atomic E-state index is 12.2. The topological polar surface area (TPSA) is 69.1 Å². The van der Waals surface area contributed by atoms with Gasteiger partial charge in [-0.25, -0.2) is 4.98 Å². The number of hydrogen-bond donors (Lipinski definition) is 1. The molecule has 0 unspecified atom stereocenters. The van der Waals surface area contributed by atoms with Gasteiger partial charge in [0.2, 0.25) is 11.1 Å². The summed E-state index contributed by atoms with van der Waals surface area (Å²) in [7, 11) is 0. The van der Waals surface area contributed by atoms with Crippen molar-refractivity contribution in [2.24, 2.45) is 0 Å². The Hall–Kier alpha value is -2.36. The number of aryl methyl sites for hydroxylation is 1. The van der Waals surface area contributed by atoms with Gasteiger partial charge >= 0.3 is 0 Å². The highest BCUT2D eigenvalue weighted by molar-refractivity contribution is 5.89. The van der Waals surface area contributed by atoms with Crippen molar-refractivity contribution in [3.63, 3.8) is 0 Å². The summed E-state index contributed by atoms with van der Waals surface area (Å²) in [5, 5.41) is 1.02. The molecule has 0 saturated carbocycles. The zero-order valence-corrected chi connectivity index (χ0v) is 9.23. The van der Waals surface area contributed by atoms with Gasteiger partial charge < -0.3 is 10.2 Å². The molecule has 0 fully saturated rings. The van der Waals surface area contributed by atoms with E-state index in [0.29, 0.717) is 27.8 Å². The van der Waals surface area contributed by atoms with Crippen molar-refractivity contribution in [1.29, 1.82) is 0 Å². The first-order valence-corrected chi connectivity index (χ1v) is 5.25. The molecule has 17 heavy (non-hydrogen) atoms. The highest BCUT2D eigenvalue weighted by Crippen LogP contribution is 2.19. The van der Waals surface area contributed by atoms with Crippen LogP contribution in [0.2, 0.25) is 0 Å². The fourth-order valence-corrected chi connectivity index (χ4v) is 1.84. The Bertz CT molecular complexity index is 727. The number of fused-ring (bicyclic) bond motifs is 2. The lowest BCUT2D eigenvalue weighted by Gasteiger charge is -2.01. The lowest BCUT2D eigenvalue weighted by molar-refractivity contribution is 0.643. The molecule has 0 saturated heterocycles. The summed E-state index contributed by atoms with van der Waals surface area (Å²) in [5.41, 5.74) is 7.79. The summed E-state index contributed by atoms with van der Waals surface area (Å²) < 4.78 is 5.60. The zero-order chi connectivity index (χ0) is 12.0. The van der Waals surface area contributed by atoms with E-state index in [1.54, 1.807) is 30.3 Å². The van der Waals surface area contributed by atoms with Crippen LogP contribution in [0.4, 0.5) is 5.69 Å². The van der Waals surface area contributed by atoms with E-state index in [0.717, 1.165) is 5.69 Å². The predicted molar refractivity (Wildman–Crippen MR) is 66.9 cm³/mol. The summed E-state index contributed by atoms with van der Waals surface area (Å²) in [4.78, 5) is 16.4. The van der Waals surface area contributed by atoms with Gasteiger partial charge in [0.05, 0.1) is 10.8 Å². The van der Waals surface area contributed by atoms with Crippen molar-refractivity contribution in [3.05, 3.63) is 46.2 Å². The highest BCUT2D eigenvalue weighted by Gasteiger charge is 2.08. The third-order valence-electron chi connectivity index (χ3n) is 2.70. The fourth-order valence-electron chi connectivity index (χ4n) is 1.84. The minimum absolute atomic E-state index is 0.0752. The first-order chi connectivity index (χ1) is 8.15. The third-order valence-corrected chi connectivity index (χ3v) is 2.70. The molecule has 4 nitrogen and oxygen atoms in total. The van der Waals surface area contributed by atoms with Crippen molar-refractivity contribution >= 4 is 27.8 Å². The van der Waals surface area contributed by atoms with Crippen LogP contribution in [0, 0.1) is 6.92 Å². The van der Waals surface area contributed by atoms with E-state index < -0.39 is 0 Å². The number of rotatable bonds is 0. The van der Waals surface area contributed by atoms with Gasteiger partial charge in [0.15, 0.2) is 0 Å². The number of aromatic nitrogens is 1. The molecule has 4 heteroatoms. The standard InChI is InChI=1S/C13H10N2O2/c1-7-2-4-10-12(16)9-5-3-8(14)6-11(9)17-13(10)15-7/h2-6H,14H2,1H3. The molecule has 2 aromatic heterocycles. The molecule has 0 bridgehead atoms. The average molecular weight is 226 g/mol. The van der Waals surface area contributed by atoms with Crippen LogP contribution in [-0.2, 0) is 0 Å². The van der Waals surface area contributed by atoms with Crippen LogP contribution in [0.15, 0.2) is 39.5 Å². The number of pyridine rings is 1. The molecule has 3 rings (SSSR count). The summed E-state index contributed by atoms with van der Waals surface area (Å²) >= 11 is 0. The predicted octanol–water partition coefficient (Wildman–Crippen LogP) is 2.23. The van der Waals surface area contributed by atoms with Crippen LogP contribution in [0.5, 0.6) is 0 Å². The molecular formula is C13H10N2O2. The fraction of sp³-hybridized carbons (Fsp3) is 0.0769. The van der Waals surface area contributed by atoms with Crippen LogP contribution in [0.25, 0.3) is 22.1 Å². The minimum atomic E-state index is -0.0752. The van der Waals surface area contributed by atoms with E-state index in [2.05, 4.69) is 4.98 Å². The van der Waals surface area contributed by atoms with Crippen LogP contribution >= 0.6 is 0 Å². The molecule has 0 spiro atoms. The molecule has 3 aromatic rings. The SMILES string of the molecule is Cc1ccc2c(=O)c3ccc(N)cc3oc2n1. The smallest absolute Gasteiger partial charge is 0.230 e. The van der Waals surface area contributed by atoms with Crippen LogP contribution < -0.4 is 11.2 Å². The molecular weight excluding hydrogens is 216 g/mol. The summed E-state index contributed by atoms with van der Waals surface area (Å²) in [6.45, 7) is 1.85. The second kappa shape index (κ2) is 3.31. The first-order valence-electron chi connectivity index (χ1n) is 5.25. The van der Waals surface area contributed by atoms with Gasteiger partial charge in [0, 0.05) is 17.4 Å². The van der Waals surface area contributed by atoms with Gasteiger partial charge in [-0.15, -0.1) is 0 Å².